The molecule has 1 atom stereocenters. The van der Waals surface area contributed by atoms with E-state index in [2.05, 4.69) is 28.8 Å². The minimum absolute atomic E-state index is 0.148. The Bertz CT molecular complexity index is 1370. The molecule has 0 amide bonds. The van der Waals surface area contributed by atoms with E-state index in [1.165, 1.54) is 18.0 Å². The number of allylic oxidation sites excluding steroid dienone is 3. The topological polar surface area (TPSA) is 95.4 Å². The van der Waals surface area contributed by atoms with Crippen molar-refractivity contribution in [3.63, 3.8) is 0 Å². The van der Waals surface area contributed by atoms with Crippen LogP contribution in [0.25, 0.3) is 16.6 Å². The Kier molecular flexibility index (Phi) is 7.89. The number of halogens is 1. The van der Waals surface area contributed by atoms with Crippen molar-refractivity contribution in [1.29, 1.82) is 0 Å². The number of benzene rings is 1. The zero-order valence-electron chi connectivity index (χ0n) is 20.4. The number of anilines is 1. The van der Waals surface area contributed by atoms with E-state index in [9.17, 15) is 4.79 Å². The molecule has 178 valence electrons. The number of pyridine rings is 1. The van der Waals surface area contributed by atoms with Crippen molar-refractivity contribution < 1.29 is 4.74 Å². The third-order valence-corrected chi connectivity index (χ3v) is 6.37. The summed E-state index contributed by atoms with van der Waals surface area (Å²) in [6, 6.07) is 3.09. The Hall–Kier alpha value is -3.45. The van der Waals surface area contributed by atoms with Crippen molar-refractivity contribution in [2.45, 2.75) is 47.1 Å². The van der Waals surface area contributed by atoms with Gasteiger partial charge in [0.05, 0.1) is 13.2 Å². The Labute approximate surface area is 204 Å². The zero-order valence-corrected chi connectivity index (χ0v) is 21.1. The Morgan fingerprint density at radius 3 is 2.76 bits per heavy atom. The maximum Gasteiger partial charge on any atom is 0.194 e. The molecule has 0 saturated carbocycles. The van der Waals surface area contributed by atoms with Crippen molar-refractivity contribution >= 4 is 40.2 Å². The van der Waals surface area contributed by atoms with Crippen molar-refractivity contribution in [2.75, 3.05) is 12.8 Å². The van der Waals surface area contributed by atoms with Gasteiger partial charge in [-0.3, -0.25) is 9.79 Å². The van der Waals surface area contributed by atoms with E-state index < -0.39 is 0 Å². The third-order valence-electron chi connectivity index (χ3n) is 5.98. The van der Waals surface area contributed by atoms with Crippen LogP contribution in [-0.2, 0) is 0 Å². The van der Waals surface area contributed by atoms with Crippen molar-refractivity contribution in [1.82, 2.24) is 14.5 Å². The summed E-state index contributed by atoms with van der Waals surface area (Å²) in [5.74, 6) is 0.836. The fraction of sp³-hybridized carbons (Fsp3) is 0.308. The van der Waals surface area contributed by atoms with Gasteiger partial charge in [0.15, 0.2) is 5.43 Å². The lowest BCUT2D eigenvalue weighted by molar-refractivity contribution is 0.402. The lowest BCUT2D eigenvalue weighted by atomic mass is 9.94. The molecule has 0 saturated heterocycles. The average molecular weight is 480 g/mol. The minimum Gasteiger partial charge on any atom is -0.496 e. The van der Waals surface area contributed by atoms with Gasteiger partial charge >= 0.3 is 0 Å². The van der Waals surface area contributed by atoms with Crippen LogP contribution in [0.3, 0.4) is 0 Å². The summed E-state index contributed by atoms with van der Waals surface area (Å²) < 4.78 is 7.77. The van der Waals surface area contributed by atoms with E-state index in [0.717, 1.165) is 28.7 Å². The molecule has 34 heavy (non-hydrogen) atoms. The first kappa shape index (κ1) is 25.2. The van der Waals surface area contributed by atoms with Crippen LogP contribution in [0, 0.1) is 6.92 Å². The van der Waals surface area contributed by atoms with Gasteiger partial charge in [-0.25, -0.2) is 9.97 Å². The van der Waals surface area contributed by atoms with E-state index in [-0.39, 0.29) is 22.7 Å². The molecule has 3 rings (SSSR count). The number of hydrogen-bond donors (Lipinski definition) is 1. The summed E-state index contributed by atoms with van der Waals surface area (Å²) >= 11 is 6.68. The van der Waals surface area contributed by atoms with Crippen LogP contribution in [-0.4, -0.2) is 27.9 Å². The summed E-state index contributed by atoms with van der Waals surface area (Å²) in [5, 5.41) is 0.894. The normalized spacial score (nSPS) is 13.6. The first-order chi connectivity index (χ1) is 16.2. The summed E-state index contributed by atoms with van der Waals surface area (Å²) in [7, 11) is 1.63. The molecule has 2 heterocycles. The van der Waals surface area contributed by atoms with E-state index in [1.54, 1.807) is 25.7 Å². The smallest absolute Gasteiger partial charge is 0.194 e. The number of fused-ring (bicyclic) bond motifs is 1. The molecule has 0 bridgehead atoms. The quantitative estimate of drug-likeness (QED) is 0.436. The molecule has 0 aliphatic heterocycles. The lowest BCUT2D eigenvalue weighted by Gasteiger charge is -2.24. The SMILES string of the molecule is CC/C(C)=C/C=N/C=C(\C)c1c(C)c(Cl)cc(C(C)n2ccc(=O)c3c(N)ncnc32)c1OC. The number of rotatable bonds is 7. The maximum absolute atomic E-state index is 12.4. The number of aromatic nitrogens is 3. The zero-order chi connectivity index (χ0) is 25.0. The number of methoxy groups -OCH3 is 1. The summed E-state index contributed by atoms with van der Waals surface area (Å²) in [5.41, 5.74) is 11.0. The maximum atomic E-state index is 12.4. The lowest BCUT2D eigenvalue weighted by Crippen LogP contribution is -2.16. The second kappa shape index (κ2) is 10.7. The first-order valence-electron chi connectivity index (χ1n) is 11.1. The van der Waals surface area contributed by atoms with Crippen LogP contribution >= 0.6 is 11.6 Å². The molecule has 0 spiro atoms. The Morgan fingerprint density at radius 2 is 2.09 bits per heavy atom. The van der Waals surface area contributed by atoms with Crippen molar-refractivity contribution in [3.8, 4) is 5.75 Å². The number of nitrogens with two attached hydrogens (primary N) is 1. The highest BCUT2D eigenvalue weighted by atomic mass is 35.5. The monoisotopic (exact) mass is 479 g/mol. The summed E-state index contributed by atoms with van der Waals surface area (Å²) in [4.78, 5) is 25.2. The standard InChI is InChI=1S/C26H30ClN5O2/c1-7-15(2)8-10-29-13-16(3)22-17(4)20(27)12-19(24(22)34-6)18(5)32-11-9-21(33)23-25(28)30-14-31-26(23)32/h8-14,18H,7H2,1-6H3,(H2,28,30,31)/b15-8+,16-13+,29-10+. The molecule has 1 unspecified atom stereocenters. The Balaban J connectivity index is 2.19. The van der Waals surface area contributed by atoms with Gasteiger partial charge in [0.25, 0.3) is 0 Å². The molecular weight excluding hydrogens is 450 g/mol. The Morgan fingerprint density at radius 1 is 1.35 bits per heavy atom. The number of nitrogen functional groups attached to an aromatic ring is 1. The van der Waals surface area contributed by atoms with Gasteiger partial charge in [-0.05, 0) is 57.4 Å². The number of hydrogen-bond acceptors (Lipinski definition) is 6. The molecule has 1 aromatic carbocycles. The number of nitrogens with zero attached hydrogens (tertiary/aromatic N) is 4. The molecule has 2 aromatic heterocycles. The summed E-state index contributed by atoms with van der Waals surface area (Å²) in [6.07, 6.45) is 9.61. The van der Waals surface area contributed by atoms with Gasteiger partial charge in [-0.15, -0.1) is 0 Å². The van der Waals surface area contributed by atoms with E-state index in [0.29, 0.717) is 16.4 Å². The summed E-state index contributed by atoms with van der Waals surface area (Å²) in [6.45, 7) is 10.1. The van der Waals surface area contributed by atoms with E-state index >= 15 is 0 Å². The molecule has 0 aliphatic carbocycles. The third kappa shape index (κ3) is 4.89. The van der Waals surface area contributed by atoms with Crippen LogP contribution in [0.15, 0.2) is 52.3 Å². The molecule has 2 N–H and O–H groups in total. The van der Waals surface area contributed by atoms with Crippen LogP contribution in [0.1, 0.15) is 56.8 Å². The van der Waals surface area contributed by atoms with Crippen LogP contribution in [0.5, 0.6) is 5.75 Å². The van der Waals surface area contributed by atoms with Crippen LogP contribution in [0.4, 0.5) is 5.82 Å². The molecule has 7 nitrogen and oxygen atoms in total. The number of aliphatic imine (C=N–C) groups is 1. The molecule has 8 heteroatoms. The average Bonchev–Trinajstić information content (AvgIpc) is 2.82. The van der Waals surface area contributed by atoms with Gasteiger partial charge in [0, 0.05) is 40.8 Å². The molecule has 3 aromatic rings. The first-order valence-corrected chi connectivity index (χ1v) is 11.4. The van der Waals surface area contributed by atoms with Gasteiger partial charge < -0.3 is 15.0 Å². The van der Waals surface area contributed by atoms with E-state index in [4.69, 9.17) is 22.1 Å². The molecular formula is C26H30ClN5O2. The van der Waals surface area contributed by atoms with Crippen LogP contribution < -0.4 is 15.9 Å². The van der Waals surface area contributed by atoms with Gasteiger partial charge in [0.1, 0.15) is 28.9 Å². The predicted molar refractivity (Wildman–Crippen MR) is 141 cm³/mol. The highest BCUT2D eigenvalue weighted by Crippen LogP contribution is 2.41. The second-order valence-electron chi connectivity index (χ2n) is 8.18. The van der Waals surface area contributed by atoms with Crippen molar-refractivity contribution in [3.05, 3.63) is 74.4 Å². The largest absolute Gasteiger partial charge is 0.496 e. The van der Waals surface area contributed by atoms with E-state index in [1.807, 2.05) is 37.5 Å². The molecule has 0 radical (unpaired) electrons. The van der Waals surface area contributed by atoms with Crippen LogP contribution in [0.2, 0.25) is 5.02 Å². The molecule has 0 aliphatic rings. The minimum atomic E-state index is -0.268. The second-order valence-corrected chi connectivity index (χ2v) is 8.59. The van der Waals surface area contributed by atoms with Crippen molar-refractivity contribution in [2.24, 2.45) is 4.99 Å². The van der Waals surface area contributed by atoms with Gasteiger partial charge in [-0.2, -0.15) is 0 Å². The highest BCUT2D eigenvalue weighted by molar-refractivity contribution is 6.31. The van der Waals surface area contributed by atoms with Gasteiger partial charge in [0.2, 0.25) is 0 Å². The fourth-order valence-electron chi connectivity index (χ4n) is 3.84. The van der Waals surface area contributed by atoms with Gasteiger partial charge in [-0.1, -0.05) is 24.1 Å². The highest BCUT2D eigenvalue weighted by Gasteiger charge is 2.23. The predicted octanol–water partition coefficient (Wildman–Crippen LogP) is 5.74. The number of ether oxygens (including phenoxy) is 1. The fourth-order valence-corrected chi connectivity index (χ4v) is 4.05. The molecule has 0 fully saturated rings.